The van der Waals surface area contributed by atoms with E-state index >= 15 is 0 Å². The summed E-state index contributed by atoms with van der Waals surface area (Å²) >= 11 is 5.89. The Morgan fingerprint density at radius 3 is 3.00 bits per heavy atom. The molecule has 1 unspecified atom stereocenters. The zero-order valence-corrected chi connectivity index (χ0v) is 9.97. The van der Waals surface area contributed by atoms with E-state index in [1.165, 1.54) is 11.1 Å². The molecule has 0 bridgehead atoms. The van der Waals surface area contributed by atoms with E-state index in [-0.39, 0.29) is 11.9 Å². The van der Waals surface area contributed by atoms with Crippen molar-refractivity contribution < 1.29 is 4.79 Å². The molecule has 1 aromatic carbocycles. The molecule has 2 N–H and O–H groups in total. The summed E-state index contributed by atoms with van der Waals surface area (Å²) in [6, 6.07) is 6.12. The summed E-state index contributed by atoms with van der Waals surface area (Å²) in [6.45, 7) is 3.55. The number of amides is 1. The van der Waals surface area contributed by atoms with Crippen LogP contribution in [0.15, 0.2) is 18.2 Å². The lowest BCUT2D eigenvalue weighted by Crippen LogP contribution is -2.30. The molecule has 1 fully saturated rings. The molecule has 1 aliphatic heterocycles. The van der Waals surface area contributed by atoms with E-state index < -0.39 is 0 Å². The number of benzene rings is 1. The van der Waals surface area contributed by atoms with E-state index in [9.17, 15) is 4.79 Å². The summed E-state index contributed by atoms with van der Waals surface area (Å²) in [5.74, 6) is 0.130. The molecule has 2 rings (SSSR count). The van der Waals surface area contributed by atoms with Gasteiger partial charge in [0.2, 0.25) is 5.91 Å². The van der Waals surface area contributed by atoms with Crippen molar-refractivity contribution in [3.63, 3.8) is 0 Å². The van der Waals surface area contributed by atoms with Gasteiger partial charge in [0.25, 0.3) is 0 Å². The van der Waals surface area contributed by atoms with Crippen molar-refractivity contribution in [2.45, 2.75) is 25.9 Å². The van der Waals surface area contributed by atoms with Gasteiger partial charge >= 0.3 is 0 Å². The van der Waals surface area contributed by atoms with Gasteiger partial charge in [-0.1, -0.05) is 17.7 Å². The fourth-order valence-corrected chi connectivity index (χ4v) is 2.09. The second-order valence-corrected chi connectivity index (χ2v) is 4.59. The molecule has 1 heterocycles. The van der Waals surface area contributed by atoms with Gasteiger partial charge < -0.3 is 10.6 Å². The van der Waals surface area contributed by atoms with Crippen molar-refractivity contribution >= 4 is 17.5 Å². The average Bonchev–Trinajstić information content (AvgIpc) is 2.63. The Labute approximate surface area is 100 Å². The van der Waals surface area contributed by atoms with Crippen LogP contribution in [0.4, 0.5) is 0 Å². The maximum absolute atomic E-state index is 11.0. The average molecular weight is 239 g/mol. The van der Waals surface area contributed by atoms with Crippen LogP contribution < -0.4 is 10.6 Å². The van der Waals surface area contributed by atoms with Gasteiger partial charge in [-0.25, -0.2) is 0 Å². The summed E-state index contributed by atoms with van der Waals surface area (Å²) in [7, 11) is 0. The molecule has 0 aliphatic carbocycles. The van der Waals surface area contributed by atoms with E-state index in [4.69, 9.17) is 11.6 Å². The molecular formula is C12H15ClN2O. The number of carbonyl (C=O) groups excluding carboxylic acids is 1. The highest BCUT2D eigenvalue weighted by atomic mass is 35.5. The normalized spacial score (nSPS) is 19.9. The predicted octanol–water partition coefficient (Wildman–Crippen LogP) is 1.63. The van der Waals surface area contributed by atoms with Crippen molar-refractivity contribution in [1.82, 2.24) is 10.6 Å². The molecule has 1 amide bonds. The summed E-state index contributed by atoms with van der Waals surface area (Å²) in [5, 5.41) is 6.93. The van der Waals surface area contributed by atoms with Crippen molar-refractivity contribution in [3.05, 3.63) is 34.3 Å². The molecule has 1 saturated heterocycles. The van der Waals surface area contributed by atoms with Crippen LogP contribution in [0.2, 0.25) is 5.02 Å². The van der Waals surface area contributed by atoms with Crippen molar-refractivity contribution in [2.75, 3.05) is 6.54 Å². The molecule has 0 saturated carbocycles. The number of halogens is 1. The van der Waals surface area contributed by atoms with E-state index in [2.05, 4.69) is 10.6 Å². The lowest BCUT2D eigenvalue weighted by Gasteiger charge is -2.12. The van der Waals surface area contributed by atoms with Gasteiger partial charge in [0.05, 0.1) is 0 Å². The molecule has 0 spiro atoms. The third kappa shape index (κ3) is 2.74. The molecular weight excluding hydrogens is 224 g/mol. The lowest BCUT2D eigenvalue weighted by atomic mass is 10.1. The smallest absolute Gasteiger partial charge is 0.221 e. The number of carbonyl (C=O) groups is 1. The first-order valence-corrected chi connectivity index (χ1v) is 5.78. The maximum Gasteiger partial charge on any atom is 0.221 e. The Morgan fingerprint density at radius 1 is 1.56 bits per heavy atom. The van der Waals surface area contributed by atoms with E-state index in [0.29, 0.717) is 6.42 Å². The Balaban J connectivity index is 1.92. The van der Waals surface area contributed by atoms with Gasteiger partial charge in [-0.2, -0.15) is 0 Å². The zero-order chi connectivity index (χ0) is 11.5. The van der Waals surface area contributed by atoms with E-state index in [1.54, 1.807) is 0 Å². The second kappa shape index (κ2) is 4.85. The zero-order valence-electron chi connectivity index (χ0n) is 9.22. The third-order valence-electron chi connectivity index (χ3n) is 2.86. The molecule has 1 atom stereocenters. The molecule has 0 aromatic heterocycles. The quantitative estimate of drug-likeness (QED) is 0.841. The number of nitrogens with one attached hydrogen (secondary N) is 2. The van der Waals surface area contributed by atoms with Crippen LogP contribution >= 0.6 is 11.6 Å². The van der Waals surface area contributed by atoms with Gasteiger partial charge in [-0.15, -0.1) is 0 Å². The fraction of sp³-hybridized carbons (Fsp3) is 0.417. The highest BCUT2D eigenvalue weighted by molar-refractivity contribution is 6.30. The summed E-state index contributed by atoms with van der Waals surface area (Å²) < 4.78 is 0. The van der Waals surface area contributed by atoms with Gasteiger partial charge in [0, 0.05) is 30.6 Å². The third-order valence-corrected chi connectivity index (χ3v) is 3.10. The Hall–Kier alpha value is -1.06. The van der Waals surface area contributed by atoms with Crippen LogP contribution in [0, 0.1) is 6.92 Å². The molecule has 86 valence electrons. The van der Waals surface area contributed by atoms with Crippen LogP contribution in [0.3, 0.4) is 0 Å². The first kappa shape index (κ1) is 11.4. The Morgan fingerprint density at radius 2 is 2.38 bits per heavy atom. The van der Waals surface area contributed by atoms with Gasteiger partial charge in [-0.3, -0.25) is 4.79 Å². The van der Waals surface area contributed by atoms with Gasteiger partial charge in [0.1, 0.15) is 0 Å². The molecule has 16 heavy (non-hydrogen) atoms. The highest BCUT2D eigenvalue weighted by Crippen LogP contribution is 2.15. The van der Waals surface area contributed by atoms with Crippen LogP contribution in [0.1, 0.15) is 17.5 Å². The first-order chi connectivity index (χ1) is 7.65. The molecule has 0 radical (unpaired) electrons. The summed E-state index contributed by atoms with van der Waals surface area (Å²) in [6.07, 6.45) is 0.576. The van der Waals surface area contributed by atoms with Gasteiger partial charge in [-0.05, 0) is 30.2 Å². The molecule has 1 aliphatic rings. The summed E-state index contributed by atoms with van der Waals surface area (Å²) in [5.41, 5.74) is 2.40. The maximum atomic E-state index is 11.0. The number of hydrogen-bond donors (Lipinski definition) is 2. The van der Waals surface area contributed by atoms with E-state index in [0.717, 1.165) is 18.1 Å². The monoisotopic (exact) mass is 238 g/mol. The minimum Gasteiger partial charge on any atom is -0.354 e. The SMILES string of the molecule is Cc1cc(Cl)ccc1CNC1CNC(=O)C1. The number of rotatable bonds is 3. The molecule has 1 aromatic rings. The van der Waals surface area contributed by atoms with Crippen LogP contribution in [0.5, 0.6) is 0 Å². The van der Waals surface area contributed by atoms with Crippen molar-refractivity contribution in [3.8, 4) is 0 Å². The Bertz CT molecular complexity index is 406. The topological polar surface area (TPSA) is 41.1 Å². The van der Waals surface area contributed by atoms with Crippen LogP contribution in [-0.2, 0) is 11.3 Å². The standard InChI is InChI=1S/C12H15ClN2O/c1-8-4-10(13)3-2-9(8)6-14-11-5-12(16)15-7-11/h2-4,11,14H,5-7H2,1H3,(H,15,16). The molecule has 3 nitrogen and oxygen atoms in total. The fourth-order valence-electron chi connectivity index (χ4n) is 1.86. The van der Waals surface area contributed by atoms with Crippen molar-refractivity contribution in [1.29, 1.82) is 0 Å². The second-order valence-electron chi connectivity index (χ2n) is 4.16. The van der Waals surface area contributed by atoms with Gasteiger partial charge in [0.15, 0.2) is 0 Å². The minimum atomic E-state index is 0.130. The minimum absolute atomic E-state index is 0.130. The largest absolute Gasteiger partial charge is 0.354 e. The highest BCUT2D eigenvalue weighted by Gasteiger charge is 2.20. The number of hydrogen-bond acceptors (Lipinski definition) is 2. The van der Waals surface area contributed by atoms with E-state index in [1.807, 2.05) is 25.1 Å². The lowest BCUT2D eigenvalue weighted by molar-refractivity contribution is -0.119. The van der Waals surface area contributed by atoms with Crippen molar-refractivity contribution in [2.24, 2.45) is 0 Å². The number of aryl methyl sites for hydroxylation is 1. The molecule has 4 heteroatoms. The Kier molecular flexibility index (Phi) is 3.46. The first-order valence-electron chi connectivity index (χ1n) is 5.40. The summed E-state index contributed by atoms with van der Waals surface area (Å²) in [4.78, 5) is 11.0. The predicted molar refractivity (Wildman–Crippen MR) is 64.4 cm³/mol. The van der Waals surface area contributed by atoms with Crippen LogP contribution in [-0.4, -0.2) is 18.5 Å². The van der Waals surface area contributed by atoms with Crippen LogP contribution in [0.25, 0.3) is 0 Å².